The van der Waals surface area contributed by atoms with Crippen LogP contribution in [-0.2, 0) is 18.9 Å². The fraction of sp³-hybridized carbons (Fsp3) is 0.450. The number of aryl methyl sites for hydroxylation is 2. The normalized spacial score (nSPS) is 24.6. The van der Waals surface area contributed by atoms with Crippen LogP contribution in [0.3, 0.4) is 0 Å². The van der Waals surface area contributed by atoms with Gasteiger partial charge in [-0.15, -0.1) is 10.2 Å². The van der Waals surface area contributed by atoms with Gasteiger partial charge in [0.2, 0.25) is 11.7 Å². The molecule has 0 bridgehead atoms. The zero-order valence-electron chi connectivity index (χ0n) is 18.9. The Morgan fingerprint density at radius 2 is 2.00 bits per heavy atom. The van der Waals surface area contributed by atoms with Crippen LogP contribution >= 0.6 is 0 Å². The minimum absolute atomic E-state index is 0.0204. The number of benzene rings is 1. The van der Waals surface area contributed by atoms with Crippen molar-refractivity contribution in [1.29, 1.82) is 0 Å². The van der Waals surface area contributed by atoms with Crippen LogP contribution in [0.1, 0.15) is 6.42 Å². The molecule has 1 amide bonds. The summed E-state index contributed by atoms with van der Waals surface area (Å²) in [5, 5.41) is 28.7. The van der Waals surface area contributed by atoms with Crippen LogP contribution in [0, 0.1) is 5.92 Å². The number of amides is 1. The summed E-state index contributed by atoms with van der Waals surface area (Å²) in [7, 11) is 6.93. The van der Waals surface area contributed by atoms with Gasteiger partial charge in [0.25, 0.3) is 0 Å². The van der Waals surface area contributed by atoms with E-state index in [1.165, 1.54) is 9.81 Å². The molecule has 174 valence electrons. The number of fused-ring (bicyclic) bond motifs is 1. The lowest BCUT2D eigenvalue weighted by Crippen LogP contribution is -2.60. The molecule has 0 saturated carbocycles. The summed E-state index contributed by atoms with van der Waals surface area (Å²) >= 11 is 0. The number of anilines is 2. The van der Waals surface area contributed by atoms with E-state index < -0.39 is 0 Å². The number of hydrazine groups is 1. The number of carbonyl (C=O) groups excluding carboxylic acids is 1. The number of rotatable bonds is 6. The average Bonchev–Trinajstić information content (AvgIpc) is 3.47. The van der Waals surface area contributed by atoms with Crippen molar-refractivity contribution in [3.8, 4) is 17.1 Å². The molecule has 0 aliphatic carbocycles. The second-order valence-corrected chi connectivity index (χ2v) is 8.24. The van der Waals surface area contributed by atoms with Crippen molar-refractivity contribution in [2.24, 2.45) is 20.0 Å². The van der Waals surface area contributed by atoms with Gasteiger partial charge >= 0.3 is 0 Å². The van der Waals surface area contributed by atoms with E-state index in [0.29, 0.717) is 18.0 Å². The highest BCUT2D eigenvalue weighted by molar-refractivity contribution is 5.83. The molecule has 2 aromatic heterocycles. The van der Waals surface area contributed by atoms with E-state index in [1.54, 1.807) is 25.9 Å². The van der Waals surface area contributed by atoms with Gasteiger partial charge in [-0.05, 0) is 17.3 Å². The molecule has 3 aromatic rings. The molecule has 5 rings (SSSR count). The second-order valence-electron chi connectivity index (χ2n) is 8.24. The summed E-state index contributed by atoms with van der Waals surface area (Å²) in [5.41, 5.74) is 4.69. The minimum Gasteiger partial charge on any atom is -0.494 e. The van der Waals surface area contributed by atoms with Crippen LogP contribution in [0.4, 0.5) is 11.5 Å². The van der Waals surface area contributed by atoms with Gasteiger partial charge in [0, 0.05) is 38.8 Å². The number of tetrazole rings is 1. The Bertz CT molecular complexity index is 1160. The maximum Gasteiger partial charge on any atom is 0.244 e. The molecule has 2 fully saturated rings. The van der Waals surface area contributed by atoms with Crippen LogP contribution in [-0.4, -0.2) is 73.4 Å². The molecular formula is C20H27N11O2. The van der Waals surface area contributed by atoms with Gasteiger partial charge in [0.15, 0.2) is 5.75 Å². The molecule has 0 radical (unpaired) electrons. The van der Waals surface area contributed by atoms with Crippen molar-refractivity contribution < 1.29 is 9.53 Å². The summed E-state index contributed by atoms with van der Waals surface area (Å²) in [4.78, 5) is 14.3. The fourth-order valence-corrected chi connectivity index (χ4v) is 4.51. The van der Waals surface area contributed by atoms with Gasteiger partial charge in [-0.2, -0.15) is 9.90 Å². The number of nitrogens with one attached hydrogen (secondary N) is 4. The molecule has 4 unspecified atom stereocenters. The summed E-state index contributed by atoms with van der Waals surface area (Å²) in [6.45, 7) is 0. The zero-order chi connectivity index (χ0) is 23.1. The number of para-hydroxylation sites is 1. The van der Waals surface area contributed by atoms with E-state index >= 15 is 0 Å². The van der Waals surface area contributed by atoms with Crippen LogP contribution in [0.15, 0.2) is 30.5 Å². The molecule has 13 nitrogen and oxygen atoms in total. The Labute approximate surface area is 190 Å². The summed E-state index contributed by atoms with van der Waals surface area (Å²) < 4.78 is 7.47. The molecule has 33 heavy (non-hydrogen) atoms. The number of methoxy groups -OCH3 is 1. The van der Waals surface area contributed by atoms with E-state index in [1.807, 2.05) is 37.5 Å². The van der Waals surface area contributed by atoms with Gasteiger partial charge < -0.3 is 15.4 Å². The van der Waals surface area contributed by atoms with Gasteiger partial charge in [0.1, 0.15) is 5.82 Å². The van der Waals surface area contributed by atoms with Crippen molar-refractivity contribution in [3.63, 3.8) is 0 Å². The van der Waals surface area contributed by atoms with E-state index in [-0.39, 0.29) is 30.2 Å². The van der Waals surface area contributed by atoms with Crippen molar-refractivity contribution in [2.45, 2.75) is 24.8 Å². The van der Waals surface area contributed by atoms with Crippen LogP contribution in [0.5, 0.6) is 5.75 Å². The molecule has 2 aliphatic heterocycles. The van der Waals surface area contributed by atoms with Gasteiger partial charge in [-0.1, -0.05) is 6.07 Å². The number of hydrogen-bond donors (Lipinski definition) is 4. The lowest BCUT2D eigenvalue weighted by molar-refractivity contribution is -0.131. The molecule has 1 aromatic carbocycles. The first-order valence-electron chi connectivity index (χ1n) is 10.7. The number of nitrogens with zero attached hydrogens (tertiary/aromatic N) is 7. The molecule has 2 saturated heterocycles. The molecule has 2 aliphatic rings. The Hall–Kier alpha value is -3.71. The molecule has 0 spiro atoms. The van der Waals surface area contributed by atoms with E-state index in [9.17, 15) is 4.79 Å². The molecule has 13 heteroatoms. The zero-order valence-corrected chi connectivity index (χ0v) is 18.9. The maximum absolute atomic E-state index is 12.9. The third kappa shape index (κ3) is 3.96. The third-order valence-electron chi connectivity index (χ3n) is 5.96. The van der Waals surface area contributed by atoms with Crippen molar-refractivity contribution in [1.82, 2.24) is 45.7 Å². The summed E-state index contributed by atoms with van der Waals surface area (Å²) in [5.74, 6) is 1.54. The lowest BCUT2D eigenvalue weighted by Gasteiger charge is -2.38. The van der Waals surface area contributed by atoms with Gasteiger partial charge in [-0.3, -0.25) is 19.8 Å². The molecular weight excluding hydrogens is 426 g/mol. The Morgan fingerprint density at radius 1 is 1.15 bits per heavy atom. The largest absolute Gasteiger partial charge is 0.494 e. The van der Waals surface area contributed by atoms with Crippen molar-refractivity contribution in [3.05, 3.63) is 30.5 Å². The summed E-state index contributed by atoms with van der Waals surface area (Å²) in [6.07, 6.45) is 2.17. The minimum atomic E-state index is -0.306. The molecule has 4 N–H and O–H groups in total. The van der Waals surface area contributed by atoms with Crippen molar-refractivity contribution >= 4 is 17.4 Å². The highest BCUT2D eigenvalue weighted by Crippen LogP contribution is 2.37. The molecule has 4 heterocycles. The Balaban J connectivity index is 1.44. The standard InChI is InChI=1S/C20H27N11O2/c1-29-9-8-14(25-29)22-15-10-13(16-19(23-15)26-30(2)20(16)32)21-12-7-5-6-11(17(12)33-4)18-24-28-31(3)27-18/h5-9,13,15-16,19,21,23,26H,10H2,1-4H3,(H,22,25). The Kier molecular flexibility index (Phi) is 5.34. The highest BCUT2D eigenvalue weighted by atomic mass is 16.5. The fourth-order valence-electron chi connectivity index (χ4n) is 4.51. The molecule has 4 atom stereocenters. The van der Waals surface area contributed by atoms with Gasteiger partial charge in [0.05, 0.1) is 43.7 Å². The predicted octanol–water partition coefficient (Wildman–Crippen LogP) is -0.250. The maximum atomic E-state index is 12.9. The van der Waals surface area contributed by atoms with E-state index in [2.05, 4.69) is 41.9 Å². The number of piperidine rings is 1. The quantitative estimate of drug-likeness (QED) is 0.395. The number of carbonyl (C=O) groups is 1. The smallest absolute Gasteiger partial charge is 0.244 e. The average molecular weight is 454 g/mol. The SMILES string of the molecule is COc1c(NC2CC(Nc3ccn(C)n3)NC3NN(C)C(=O)C23)cccc1-c1nnn(C)n1. The lowest BCUT2D eigenvalue weighted by atomic mass is 9.88. The van der Waals surface area contributed by atoms with Crippen LogP contribution in [0.2, 0.25) is 0 Å². The van der Waals surface area contributed by atoms with Crippen LogP contribution in [0.25, 0.3) is 11.4 Å². The Morgan fingerprint density at radius 3 is 2.70 bits per heavy atom. The second kappa shape index (κ2) is 8.33. The van der Waals surface area contributed by atoms with Crippen LogP contribution < -0.4 is 26.1 Å². The number of hydrogen-bond acceptors (Lipinski definition) is 10. The summed E-state index contributed by atoms with van der Waals surface area (Å²) in [6, 6.07) is 7.44. The number of ether oxygens (including phenoxy) is 1. The van der Waals surface area contributed by atoms with E-state index in [0.717, 1.165) is 17.1 Å². The monoisotopic (exact) mass is 453 g/mol. The van der Waals surface area contributed by atoms with Crippen molar-refractivity contribution in [2.75, 3.05) is 24.8 Å². The first-order valence-corrected chi connectivity index (χ1v) is 10.7. The highest BCUT2D eigenvalue weighted by Gasteiger charge is 2.48. The van der Waals surface area contributed by atoms with E-state index in [4.69, 9.17) is 4.74 Å². The predicted molar refractivity (Wildman–Crippen MR) is 120 cm³/mol. The van der Waals surface area contributed by atoms with Gasteiger partial charge in [-0.25, -0.2) is 5.43 Å². The first kappa shape index (κ1) is 21.2. The number of aromatic nitrogens is 6. The topological polar surface area (TPSA) is 139 Å². The first-order chi connectivity index (χ1) is 15.9. The third-order valence-corrected chi connectivity index (χ3v) is 5.96.